The Hall–Kier alpha value is -2.62. The van der Waals surface area contributed by atoms with E-state index in [-0.39, 0.29) is 17.9 Å². The second kappa shape index (κ2) is 8.17. The maximum absolute atomic E-state index is 12.7. The van der Waals surface area contributed by atoms with Crippen molar-refractivity contribution in [1.82, 2.24) is 4.90 Å². The molecule has 1 amide bonds. The number of amides is 1. The molecule has 136 valence electrons. The lowest BCUT2D eigenvalue weighted by Gasteiger charge is -2.26. The van der Waals surface area contributed by atoms with Gasteiger partial charge in [-0.1, -0.05) is 73.6 Å². The molecule has 1 heterocycles. The molecular formula is C22H26N2O2. The summed E-state index contributed by atoms with van der Waals surface area (Å²) >= 11 is 0. The maximum atomic E-state index is 12.7. The number of benzene rings is 2. The van der Waals surface area contributed by atoms with Crippen LogP contribution < -0.4 is 0 Å². The summed E-state index contributed by atoms with van der Waals surface area (Å²) in [4.78, 5) is 20.2. The molecule has 2 aromatic rings. The second-order valence-corrected chi connectivity index (χ2v) is 7.14. The Kier molecular flexibility index (Phi) is 5.71. The van der Waals surface area contributed by atoms with E-state index < -0.39 is 0 Å². The molecule has 0 N–H and O–H groups in total. The van der Waals surface area contributed by atoms with Crippen molar-refractivity contribution in [2.75, 3.05) is 6.54 Å². The van der Waals surface area contributed by atoms with Crippen molar-refractivity contribution in [2.24, 2.45) is 11.1 Å². The van der Waals surface area contributed by atoms with Crippen LogP contribution in [0.5, 0.6) is 0 Å². The number of oxime groups is 1. The van der Waals surface area contributed by atoms with E-state index in [1.54, 1.807) is 0 Å². The molecule has 4 nitrogen and oxygen atoms in total. The number of carbonyl (C=O) groups excluding carboxylic acids is 1. The molecule has 0 aliphatic carbocycles. The summed E-state index contributed by atoms with van der Waals surface area (Å²) in [5.74, 6) is 0.0960. The Bertz CT molecular complexity index is 784. The smallest absolute Gasteiger partial charge is 0.225 e. The molecule has 0 radical (unpaired) electrons. The molecule has 0 bridgehead atoms. The fraction of sp³-hybridized carbons (Fsp3) is 0.364. The normalized spacial score (nSPS) is 16.3. The summed E-state index contributed by atoms with van der Waals surface area (Å²) < 4.78 is 0. The molecule has 4 heteroatoms. The monoisotopic (exact) mass is 350 g/mol. The summed E-state index contributed by atoms with van der Waals surface area (Å²) in [6, 6.07) is 18.3. The minimum atomic E-state index is -0.101. The molecule has 2 aromatic carbocycles. The lowest BCUT2D eigenvalue weighted by atomic mass is 10.00. The molecule has 3 rings (SSSR count). The fourth-order valence-corrected chi connectivity index (χ4v) is 3.23. The van der Waals surface area contributed by atoms with Crippen LogP contribution in [0.15, 0.2) is 59.8 Å². The highest BCUT2D eigenvalue weighted by atomic mass is 16.6. The number of carbonyl (C=O) groups is 1. The molecule has 0 aromatic heterocycles. The van der Waals surface area contributed by atoms with Crippen molar-refractivity contribution >= 4 is 11.6 Å². The first-order chi connectivity index (χ1) is 12.5. The van der Waals surface area contributed by atoms with Gasteiger partial charge in [-0.25, -0.2) is 0 Å². The van der Waals surface area contributed by atoms with Gasteiger partial charge in [0.2, 0.25) is 5.91 Å². The Balaban J connectivity index is 1.68. The number of hydrogen-bond acceptors (Lipinski definition) is 3. The lowest BCUT2D eigenvalue weighted by Crippen LogP contribution is -2.39. The van der Waals surface area contributed by atoms with Gasteiger partial charge in [-0.3, -0.25) is 4.79 Å². The van der Waals surface area contributed by atoms with E-state index in [4.69, 9.17) is 4.84 Å². The van der Waals surface area contributed by atoms with Gasteiger partial charge in [-0.05, 0) is 18.1 Å². The van der Waals surface area contributed by atoms with Gasteiger partial charge in [0.1, 0.15) is 0 Å². The number of nitrogens with zero attached hydrogens (tertiary/aromatic N) is 2. The molecule has 0 saturated carbocycles. The van der Waals surface area contributed by atoms with Crippen molar-refractivity contribution in [3.05, 3.63) is 71.3 Å². The van der Waals surface area contributed by atoms with Crippen LogP contribution in [0.25, 0.3) is 0 Å². The van der Waals surface area contributed by atoms with Crippen LogP contribution in [0, 0.1) is 12.8 Å². The molecular weight excluding hydrogens is 324 g/mol. The largest absolute Gasteiger partial charge is 0.390 e. The molecule has 1 atom stereocenters. The summed E-state index contributed by atoms with van der Waals surface area (Å²) in [6.45, 7) is 7.09. The maximum Gasteiger partial charge on any atom is 0.225 e. The Morgan fingerprint density at radius 3 is 2.54 bits per heavy atom. The fourth-order valence-electron chi connectivity index (χ4n) is 3.23. The van der Waals surface area contributed by atoms with Gasteiger partial charge >= 0.3 is 0 Å². The van der Waals surface area contributed by atoms with Crippen molar-refractivity contribution in [1.29, 1.82) is 0 Å². The van der Waals surface area contributed by atoms with E-state index in [1.807, 2.05) is 61.2 Å². The average Bonchev–Trinajstić information content (AvgIpc) is 3.10. The van der Waals surface area contributed by atoms with Crippen molar-refractivity contribution in [3.8, 4) is 0 Å². The third kappa shape index (κ3) is 4.31. The quantitative estimate of drug-likeness (QED) is 0.784. The zero-order valence-electron chi connectivity index (χ0n) is 15.7. The van der Waals surface area contributed by atoms with E-state index in [0.29, 0.717) is 13.1 Å². The summed E-state index contributed by atoms with van der Waals surface area (Å²) in [6.07, 6.45) is 0.623. The van der Waals surface area contributed by atoms with Crippen LogP contribution in [-0.4, -0.2) is 29.2 Å². The highest BCUT2D eigenvalue weighted by molar-refractivity contribution is 6.02. The number of rotatable bonds is 6. The first kappa shape index (κ1) is 18.2. The van der Waals surface area contributed by atoms with Gasteiger partial charge in [0, 0.05) is 24.4 Å². The first-order valence-electron chi connectivity index (χ1n) is 9.16. The van der Waals surface area contributed by atoms with Crippen LogP contribution in [-0.2, 0) is 16.2 Å². The third-order valence-electron chi connectivity index (χ3n) is 4.63. The van der Waals surface area contributed by atoms with Gasteiger partial charge in [0.25, 0.3) is 0 Å². The van der Waals surface area contributed by atoms with E-state index in [9.17, 15) is 4.79 Å². The zero-order valence-corrected chi connectivity index (χ0v) is 15.7. The first-order valence-corrected chi connectivity index (χ1v) is 9.16. The Morgan fingerprint density at radius 1 is 1.15 bits per heavy atom. The standard InChI is InChI=1S/C22H26N2O2/c1-16(2)22(25)24(14-18-10-5-4-6-11-18)15-19-13-21(23-26-19)20-12-8-7-9-17(20)3/h4-12,16,19H,13-15H2,1-3H3. The molecule has 1 unspecified atom stereocenters. The van der Waals surface area contributed by atoms with Gasteiger partial charge < -0.3 is 9.74 Å². The van der Waals surface area contributed by atoms with Gasteiger partial charge in [0.05, 0.1) is 12.3 Å². The summed E-state index contributed by atoms with van der Waals surface area (Å²) in [5.41, 5.74) is 4.40. The topological polar surface area (TPSA) is 41.9 Å². The predicted molar refractivity (Wildman–Crippen MR) is 104 cm³/mol. The highest BCUT2D eigenvalue weighted by Crippen LogP contribution is 2.21. The summed E-state index contributed by atoms with van der Waals surface area (Å²) in [5, 5.41) is 4.29. The SMILES string of the molecule is Cc1ccccc1C1=NOC(CN(Cc2ccccc2)C(=O)C(C)C)C1. The van der Waals surface area contributed by atoms with Gasteiger partial charge in [-0.15, -0.1) is 0 Å². The number of aryl methyl sites for hydroxylation is 1. The van der Waals surface area contributed by atoms with Crippen molar-refractivity contribution in [2.45, 2.75) is 39.8 Å². The average molecular weight is 350 g/mol. The zero-order chi connectivity index (χ0) is 18.5. The predicted octanol–water partition coefficient (Wildman–Crippen LogP) is 4.17. The third-order valence-corrected chi connectivity index (χ3v) is 4.63. The minimum absolute atomic E-state index is 0.0446. The number of hydrogen-bond donors (Lipinski definition) is 0. The van der Waals surface area contributed by atoms with Crippen LogP contribution in [0.4, 0.5) is 0 Å². The molecule has 26 heavy (non-hydrogen) atoms. The van der Waals surface area contributed by atoms with E-state index >= 15 is 0 Å². The van der Waals surface area contributed by atoms with E-state index in [2.05, 4.69) is 24.2 Å². The van der Waals surface area contributed by atoms with Crippen molar-refractivity contribution in [3.63, 3.8) is 0 Å². The molecule has 1 aliphatic heterocycles. The summed E-state index contributed by atoms with van der Waals surface area (Å²) in [7, 11) is 0. The Labute approximate surface area is 155 Å². The van der Waals surface area contributed by atoms with Crippen LogP contribution in [0.3, 0.4) is 0 Å². The minimum Gasteiger partial charge on any atom is -0.390 e. The van der Waals surface area contributed by atoms with Crippen LogP contribution >= 0.6 is 0 Å². The van der Waals surface area contributed by atoms with Gasteiger partial charge in [0.15, 0.2) is 6.10 Å². The van der Waals surface area contributed by atoms with Crippen LogP contribution in [0.1, 0.15) is 37.0 Å². The molecule has 0 spiro atoms. The van der Waals surface area contributed by atoms with E-state index in [1.165, 1.54) is 5.56 Å². The van der Waals surface area contributed by atoms with Gasteiger partial charge in [-0.2, -0.15) is 0 Å². The van der Waals surface area contributed by atoms with Crippen LogP contribution in [0.2, 0.25) is 0 Å². The molecule has 0 fully saturated rings. The second-order valence-electron chi connectivity index (χ2n) is 7.14. The Morgan fingerprint density at radius 2 is 1.85 bits per heavy atom. The van der Waals surface area contributed by atoms with Crippen molar-refractivity contribution < 1.29 is 9.63 Å². The molecule has 1 aliphatic rings. The highest BCUT2D eigenvalue weighted by Gasteiger charge is 2.28. The molecule has 0 saturated heterocycles. The van der Waals surface area contributed by atoms with E-state index in [0.717, 1.165) is 23.3 Å². The lowest BCUT2D eigenvalue weighted by molar-refractivity contribution is -0.136.